The van der Waals surface area contributed by atoms with Gasteiger partial charge in [-0.15, -0.1) is 0 Å². The molecule has 7 N–H and O–H groups in total. The molecule has 0 aromatic rings. The van der Waals surface area contributed by atoms with Crippen molar-refractivity contribution in [2.24, 2.45) is 5.73 Å². The molecule has 0 aromatic carbocycles. The van der Waals surface area contributed by atoms with E-state index < -0.39 is 60.6 Å². The molecule has 5 atom stereocenters. The van der Waals surface area contributed by atoms with Gasteiger partial charge in [0.25, 0.3) is 0 Å². The molecule has 166 valence electrons. The van der Waals surface area contributed by atoms with Crippen molar-refractivity contribution in [3.63, 3.8) is 0 Å². The van der Waals surface area contributed by atoms with Crippen molar-refractivity contribution in [1.82, 2.24) is 15.5 Å². The molecule has 1 fully saturated rings. The first-order chi connectivity index (χ1) is 13.6. The van der Waals surface area contributed by atoms with Crippen molar-refractivity contribution in [3.05, 3.63) is 0 Å². The number of aliphatic hydroxyl groups excluding tert-OH is 2. The van der Waals surface area contributed by atoms with Crippen LogP contribution in [0.4, 0.5) is 0 Å². The molecule has 0 spiro atoms. The summed E-state index contributed by atoms with van der Waals surface area (Å²) in [4.78, 5) is 50.1. The van der Waals surface area contributed by atoms with Crippen LogP contribution in [0.3, 0.4) is 0 Å². The van der Waals surface area contributed by atoms with E-state index in [0.29, 0.717) is 25.0 Å². The third-order valence-electron chi connectivity index (χ3n) is 4.64. The maximum absolute atomic E-state index is 13.0. The van der Waals surface area contributed by atoms with Crippen LogP contribution < -0.4 is 16.4 Å². The van der Waals surface area contributed by atoms with E-state index in [0.717, 1.165) is 0 Å². The lowest BCUT2D eigenvalue weighted by Gasteiger charge is -2.30. The number of hydrogen-bond donors (Lipinski definition) is 6. The smallest absolute Gasteiger partial charge is 0.328 e. The molecular formula is C17H30N4O7S. The average molecular weight is 435 g/mol. The zero-order chi connectivity index (χ0) is 22.1. The quantitative estimate of drug-likeness (QED) is 0.204. The number of aliphatic hydroxyl groups is 2. The summed E-state index contributed by atoms with van der Waals surface area (Å²) in [5.41, 5.74) is 5.50. The molecule has 0 aliphatic carbocycles. The SMILES string of the molecule is CSCC[C@H](NC(=O)[C@@H](N)CO)C(=O)N1CCC[C@H]1C(=O)N[C@H](C(=O)O)[C@@H](C)O. The molecule has 11 nitrogen and oxygen atoms in total. The maximum Gasteiger partial charge on any atom is 0.328 e. The predicted molar refractivity (Wildman–Crippen MR) is 106 cm³/mol. The van der Waals surface area contributed by atoms with Crippen molar-refractivity contribution in [2.45, 2.75) is 56.5 Å². The third-order valence-corrected chi connectivity index (χ3v) is 5.29. The number of nitrogens with zero attached hydrogens (tertiary/aromatic N) is 1. The van der Waals surface area contributed by atoms with Crippen molar-refractivity contribution in [2.75, 3.05) is 25.2 Å². The molecule has 0 radical (unpaired) electrons. The van der Waals surface area contributed by atoms with Gasteiger partial charge in [-0.2, -0.15) is 11.8 Å². The fraction of sp³-hybridized carbons (Fsp3) is 0.765. The van der Waals surface area contributed by atoms with E-state index in [2.05, 4.69) is 10.6 Å². The van der Waals surface area contributed by atoms with Crippen molar-refractivity contribution >= 4 is 35.5 Å². The van der Waals surface area contributed by atoms with Gasteiger partial charge in [0.05, 0.1) is 12.7 Å². The summed E-state index contributed by atoms with van der Waals surface area (Å²) in [6.07, 6.45) is 1.71. The third kappa shape index (κ3) is 7.14. The van der Waals surface area contributed by atoms with Crippen LogP contribution in [-0.2, 0) is 19.2 Å². The Bertz CT molecular complexity index is 604. The molecule has 0 saturated carbocycles. The largest absolute Gasteiger partial charge is 0.480 e. The number of carbonyl (C=O) groups is 4. The highest BCUT2D eigenvalue weighted by molar-refractivity contribution is 7.98. The van der Waals surface area contributed by atoms with Gasteiger partial charge in [0.2, 0.25) is 17.7 Å². The number of aliphatic carboxylic acids is 1. The normalized spacial score (nSPS) is 20.4. The minimum Gasteiger partial charge on any atom is -0.480 e. The number of hydrogen-bond acceptors (Lipinski definition) is 8. The highest BCUT2D eigenvalue weighted by atomic mass is 32.2. The minimum absolute atomic E-state index is 0.279. The van der Waals surface area contributed by atoms with Gasteiger partial charge in [-0.3, -0.25) is 14.4 Å². The van der Waals surface area contributed by atoms with E-state index >= 15 is 0 Å². The second kappa shape index (κ2) is 12.0. The number of thioether (sulfide) groups is 1. The number of carbonyl (C=O) groups excluding carboxylic acids is 3. The van der Waals surface area contributed by atoms with Crippen molar-refractivity contribution in [1.29, 1.82) is 0 Å². The van der Waals surface area contributed by atoms with E-state index in [1.54, 1.807) is 0 Å². The van der Waals surface area contributed by atoms with Gasteiger partial charge in [0, 0.05) is 6.54 Å². The standard InChI is InChI=1S/C17H30N4O7S/c1-9(23)13(17(27)28)20-15(25)12-4-3-6-21(12)16(26)11(5-7-29-2)19-14(24)10(18)8-22/h9-13,22-23H,3-8,18H2,1-2H3,(H,19,24)(H,20,25)(H,27,28)/t9-,10+,11+,12+,13+/m1/s1. The number of likely N-dealkylation sites (tertiary alicyclic amines) is 1. The molecule has 1 heterocycles. The maximum atomic E-state index is 13.0. The lowest BCUT2D eigenvalue weighted by molar-refractivity contribution is -0.147. The Morgan fingerprint density at radius 1 is 1.28 bits per heavy atom. The highest BCUT2D eigenvalue weighted by Gasteiger charge is 2.39. The Kier molecular flexibility index (Phi) is 10.4. The molecule has 29 heavy (non-hydrogen) atoms. The number of amides is 3. The Hall–Kier alpha value is -1.89. The Balaban J connectivity index is 2.92. The average Bonchev–Trinajstić information content (AvgIpc) is 3.16. The molecule has 1 aliphatic rings. The van der Waals surface area contributed by atoms with E-state index in [1.807, 2.05) is 6.26 Å². The summed E-state index contributed by atoms with van der Waals surface area (Å²) in [5, 5.41) is 32.5. The Labute approximate surface area is 173 Å². The van der Waals surface area contributed by atoms with Gasteiger partial charge in [-0.05, 0) is 38.2 Å². The molecule has 0 aromatic heterocycles. The van der Waals surface area contributed by atoms with Crippen LogP contribution in [0, 0.1) is 0 Å². The number of carboxylic acid groups (broad SMARTS) is 1. The number of carboxylic acids is 1. The Morgan fingerprint density at radius 2 is 1.93 bits per heavy atom. The lowest BCUT2D eigenvalue weighted by atomic mass is 10.1. The molecule has 12 heteroatoms. The van der Waals surface area contributed by atoms with Crippen molar-refractivity contribution in [3.8, 4) is 0 Å². The van der Waals surface area contributed by atoms with E-state index in [4.69, 9.17) is 15.9 Å². The second-order valence-electron chi connectivity index (χ2n) is 6.89. The van der Waals surface area contributed by atoms with Crippen LogP contribution in [0.25, 0.3) is 0 Å². The fourth-order valence-corrected chi connectivity index (χ4v) is 3.47. The monoisotopic (exact) mass is 434 g/mol. The van der Waals surface area contributed by atoms with Gasteiger partial charge in [-0.25, -0.2) is 4.79 Å². The summed E-state index contributed by atoms with van der Waals surface area (Å²) in [7, 11) is 0. The summed E-state index contributed by atoms with van der Waals surface area (Å²) in [6, 6.07) is -4.48. The second-order valence-corrected chi connectivity index (χ2v) is 7.87. The number of nitrogens with one attached hydrogen (secondary N) is 2. The fourth-order valence-electron chi connectivity index (χ4n) is 3.00. The van der Waals surface area contributed by atoms with Gasteiger partial charge in [0.15, 0.2) is 6.04 Å². The number of rotatable bonds is 11. The van der Waals surface area contributed by atoms with Gasteiger partial charge < -0.3 is 36.6 Å². The first kappa shape index (κ1) is 25.1. The topological polar surface area (TPSA) is 182 Å². The van der Waals surface area contributed by atoms with Crippen LogP contribution in [0.2, 0.25) is 0 Å². The van der Waals surface area contributed by atoms with Gasteiger partial charge >= 0.3 is 5.97 Å². The lowest BCUT2D eigenvalue weighted by Crippen LogP contribution is -2.58. The first-order valence-electron chi connectivity index (χ1n) is 9.31. The molecule has 1 rings (SSSR count). The van der Waals surface area contributed by atoms with Crippen LogP contribution in [0.15, 0.2) is 0 Å². The van der Waals surface area contributed by atoms with Crippen LogP contribution >= 0.6 is 11.8 Å². The molecule has 0 unspecified atom stereocenters. The zero-order valence-electron chi connectivity index (χ0n) is 16.5. The van der Waals surface area contributed by atoms with Crippen LogP contribution in [0.1, 0.15) is 26.2 Å². The van der Waals surface area contributed by atoms with E-state index in [1.165, 1.54) is 23.6 Å². The van der Waals surface area contributed by atoms with E-state index in [9.17, 15) is 24.3 Å². The molecule has 3 amide bonds. The molecule has 1 saturated heterocycles. The summed E-state index contributed by atoms with van der Waals surface area (Å²) in [6.45, 7) is 0.954. The predicted octanol–water partition coefficient (Wildman–Crippen LogP) is -2.51. The summed E-state index contributed by atoms with van der Waals surface area (Å²) < 4.78 is 0. The first-order valence-corrected chi connectivity index (χ1v) is 10.7. The summed E-state index contributed by atoms with van der Waals surface area (Å²) in [5.74, 6) is -2.64. The Morgan fingerprint density at radius 3 is 2.45 bits per heavy atom. The van der Waals surface area contributed by atoms with Gasteiger partial charge in [0.1, 0.15) is 18.1 Å². The zero-order valence-corrected chi connectivity index (χ0v) is 17.4. The number of nitrogens with two attached hydrogens (primary N) is 1. The molecule has 1 aliphatic heterocycles. The van der Waals surface area contributed by atoms with Crippen molar-refractivity contribution < 1.29 is 34.5 Å². The highest BCUT2D eigenvalue weighted by Crippen LogP contribution is 2.20. The summed E-state index contributed by atoms with van der Waals surface area (Å²) >= 11 is 1.48. The molecular weight excluding hydrogens is 404 g/mol. The van der Waals surface area contributed by atoms with Gasteiger partial charge in [-0.1, -0.05) is 0 Å². The molecule has 0 bridgehead atoms. The minimum atomic E-state index is -1.49. The van der Waals surface area contributed by atoms with E-state index in [-0.39, 0.29) is 6.54 Å². The van der Waals surface area contributed by atoms with Crippen LogP contribution in [0.5, 0.6) is 0 Å². The van der Waals surface area contributed by atoms with Crippen LogP contribution in [-0.4, -0.2) is 99.3 Å².